The van der Waals surface area contributed by atoms with E-state index in [2.05, 4.69) is 0 Å². The van der Waals surface area contributed by atoms with Crippen LogP contribution in [-0.4, -0.2) is 17.6 Å². The normalized spacial score (nSPS) is 25.5. The summed E-state index contributed by atoms with van der Waals surface area (Å²) in [5.74, 6) is -2.29. The van der Waals surface area contributed by atoms with Crippen LogP contribution in [-0.2, 0) is 4.79 Å². The zero-order chi connectivity index (χ0) is 9.90. The quantitative estimate of drug-likeness (QED) is 0.517. The first-order valence-electron chi connectivity index (χ1n) is 4.51. The van der Waals surface area contributed by atoms with Gasteiger partial charge in [0.1, 0.15) is 6.29 Å². The molecule has 0 aromatic heterocycles. The Morgan fingerprint density at radius 3 is 2.46 bits per heavy atom. The fraction of sp³-hybridized carbons (Fsp3) is 0.889. The topological polar surface area (TPSA) is 17.1 Å². The van der Waals surface area contributed by atoms with Gasteiger partial charge in [0, 0.05) is 12.8 Å². The highest BCUT2D eigenvalue weighted by Crippen LogP contribution is 2.38. The van der Waals surface area contributed by atoms with Crippen molar-refractivity contribution in [2.45, 2.75) is 43.4 Å². The Bertz CT molecular complexity index is 174. The van der Waals surface area contributed by atoms with Crippen molar-refractivity contribution in [2.24, 2.45) is 5.92 Å². The average molecular weight is 211 g/mol. The van der Waals surface area contributed by atoms with Crippen LogP contribution in [0.25, 0.3) is 0 Å². The predicted molar refractivity (Wildman–Crippen MR) is 47.2 cm³/mol. The van der Waals surface area contributed by atoms with Crippen LogP contribution in [0.5, 0.6) is 0 Å². The van der Waals surface area contributed by atoms with Crippen molar-refractivity contribution in [1.82, 2.24) is 0 Å². The van der Waals surface area contributed by atoms with Gasteiger partial charge in [0.15, 0.2) is 0 Å². The predicted octanol–water partition coefficient (Wildman–Crippen LogP) is 3.01. The largest absolute Gasteiger partial charge is 0.302 e. The highest BCUT2D eigenvalue weighted by molar-refractivity contribution is 6.27. The molecule has 0 spiro atoms. The standard InChI is InChI=1S/C9H13ClF2O/c10-8(6-13)5-7-1-3-9(11,12)4-2-7/h6-8H,1-5H2. The maximum Gasteiger partial charge on any atom is 0.248 e. The second-order valence-electron chi connectivity index (χ2n) is 3.69. The molecule has 0 amide bonds. The molecule has 0 aromatic carbocycles. The van der Waals surface area contributed by atoms with Crippen LogP contribution >= 0.6 is 11.6 Å². The first kappa shape index (κ1) is 10.9. The van der Waals surface area contributed by atoms with Gasteiger partial charge in [-0.05, 0) is 25.2 Å². The molecule has 0 aromatic rings. The summed E-state index contributed by atoms with van der Waals surface area (Å²) in [4.78, 5) is 10.2. The molecule has 1 saturated carbocycles. The van der Waals surface area contributed by atoms with E-state index in [0.717, 1.165) is 0 Å². The molecule has 13 heavy (non-hydrogen) atoms. The van der Waals surface area contributed by atoms with Crippen LogP contribution in [0, 0.1) is 5.92 Å². The second kappa shape index (κ2) is 4.36. The molecule has 0 saturated heterocycles. The Kier molecular flexibility index (Phi) is 3.65. The number of hydrogen-bond acceptors (Lipinski definition) is 1. The molecule has 1 aliphatic rings. The maximum atomic E-state index is 12.7. The molecule has 0 heterocycles. The third kappa shape index (κ3) is 3.59. The molecule has 1 fully saturated rings. The molecule has 1 nitrogen and oxygen atoms in total. The van der Waals surface area contributed by atoms with Gasteiger partial charge < -0.3 is 4.79 Å². The number of aldehydes is 1. The molecule has 4 heteroatoms. The van der Waals surface area contributed by atoms with E-state index in [0.29, 0.717) is 25.5 Å². The van der Waals surface area contributed by atoms with Gasteiger partial charge in [-0.15, -0.1) is 11.6 Å². The zero-order valence-corrected chi connectivity index (χ0v) is 8.07. The third-order valence-electron chi connectivity index (χ3n) is 2.54. The Hall–Kier alpha value is -0.180. The van der Waals surface area contributed by atoms with Crippen LogP contribution < -0.4 is 0 Å². The van der Waals surface area contributed by atoms with Crippen LogP contribution in [0.15, 0.2) is 0 Å². The van der Waals surface area contributed by atoms with E-state index in [1.807, 2.05) is 0 Å². The van der Waals surface area contributed by atoms with E-state index in [-0.39, 0.29) is 18.8 Å². The molecule has 1 atom stereocenters. The van der Waals surface area contributed by atoms with Crippen LogP contribution in [0.3, 0.4) is 0 Å². The summed E-state index contributed by atoms with van der Waals surface area (Å²) in [5.41, 5.74) is 0. The number of alkyl halides is 3. The van der Waals surface area contributed by atoms with E-state index in [1.165, 1.54) is 0 Å². The smallest absolute Gasteiger partial charge is 0.248 e. The zero-order valence-electron chi connectivity index (χ0n) is 7.31. The van der Waals surface area contributed by atoms with Gasteiger partial charge in [0.25, 0.3) is 0 Å². The van der Waals surface area contributed by atoms with Gasteiger partial charge in [0.05, 0.1) is 5.38 Å². The molecule has 1 unspecified atom stereocenters. The van der Waals surface area contributed by atoms with Gasteiger partial charge in [0.2, 0.25) is 5.92 Å². The summed E-state index contributed by atoms with van der Waals surface area (Å²) >= 11 is 5.61. The lowest BCUT2D eigenvalue weighted by atomic mass is 9.84. The van der Waals surface area contributed by atoms with E-state index in [4.69, 9.17) is 11.6 Å². The molecular weight excluding hydrogens is 198 g/mol. The molecule has 1 aliphatic carbocycles. The Morgan fingerprint density at radius 1 is 1.46 bits per heavy atom. The Labute approximate surface area is 81.4 Å². The lowest BCUT2D eigenvalue weighted by Crippen LogP contribution is -2.26. The maximum absolute atomic E-state index is 12.7. The van der Waals surface area contributed by atoms with E-state index in [1.54, 1.807) is 0 Å². The monoisotopic (exact) mass is 210 g/mol. The molecule has 0 radical (unpaired) electrons. The number of rotatable bonds is 3. The van der Waals surface area contributed by atoms with Gasteiger partial charge in [-0.2, -0.15) is 0 Å². The van der Waals surface area contributed by atoms with Crippen molar-refractivity contribution in [3.05, 3.63) is 0 Å². The Morgan fingerprint density at radius 2 is 2.00 bits per heavy atom. The lowest BCUT2D eigenvalue weighted by Gasteiger charge is -2.28. The van der Waals surface area contributed by atoms with Crippen LogP contribution in [0.4, 0.5) is 8.78 Å². The summed E-state index contributed by atoms with van der Waals surface area (Å²) in [6, 6.07) is 0. The van der Waals surface area contributed by atoms with Gasteiger partial charge in [-0.25, -0.2) is 8.78 Å². The number of hydrogen-bond donors (Lipinski definition) is 0. The molecule has 0 N–H and O–H groups in total. The minimum Gasteiger partial charge on any atom is -0.302 e. The van der Waals surface area contributed by atoms with Gasteiger partial charge in [-0.3, -0.25) is 0 Å². The second-order valence-corrected chi connectivity index (χ2v) is 4.25. The van der Waals surface area contributed by atoms with E-state index >= 15 is 0 Å². The SMILES string of the molecule is O=CC(Cl)CC1CCC(F)(F)CC1. The van der Waals surface area contributed by atoms with E-state index < -0.39 is 11.3 Å². The van der Waals surface area contributed by atoms with Crippen LogP contribution in [0.2, 0.25) is 0 Å². The number of carbonyl (C=O) groups is 1. The third-order valence-corrected chi connectivity index (χ3v) is 2.82. The average Bonchev–Trinajstić information content (AvgIpc) is 2.08. The number of halogens is 3. The molecule has 0 bridgehead atoms. The van der Waals surface area contributed by atoms with Crippen molar-refractivity contribution in [3.8, 4) is 0 Å². The number of carbonyl (C=O) groups excluding carboxylic acids is 1. The lowest BCUT2D eigenvalue weighted by molar-refractivity contribution is -0.108. The summed E-state index contributed by atoms with van der Waals surface area (Å²) in [6.45, 7) is 0. The van der Waals surface area contributed by atoms with Crippen molar-refractivity contribution in [1.29, 1.82) is 0 Å². The van der Waals surface area contributed by atoms with Crippen molar-refractivity contribution >= 4 is 17.9 Å². The fourth-order valence-electron chi connectivity index (χ4n) is 1.71. The molecule has 0 aliphatic heterocycles. The first-order chi connectivity index (χ1) is 6.03. The minimum atomic E-state index is -2.49. The minimum absolute atomic E-state index is 0.0554. The Balaban J connectivity index is 2.29. The van der Waals surface area contributed by atoms with Crippen molar-refractivity contribution < 1.29 is 13.6 Å². The van der Waals surface area contributed by atoms with Crippen molar-refractivity contribution in [2.75, 3.05) is 0 Å². The summed E-state index contributed by atoms with van der Waals surface area (Å²) < 4.78 is 25.4. The highest BCUT2D eigenvalue weighted by Gasteiger charge is 2.35. The highest BCUT2D eigenvalue weighted by atomic mass is 35.5. The summed E-state index contributed by atoms with van der Waals surface area (Å²) in [6.07, 6.45) is 2.09. The molecular formula is C9H13ClF2O. The summed E-state index contributed by atoms with van der Waals surface area (Å²) in [7, 11) is 0. The van der Waals surface area contributed by atoms with Crippen LogP contribution in [0.1, 0.15) is 32.1 Å². The fourth-order valence-corrected chi connectivity index (χ4v) is 1.96. The molecule has 1 rings (SSSR count). The van der Waals surface area contributed by atoms with Crippen molar-refractivity contribution in [3.63, 3.8) is 0 Å². The molecule has 76 valence electrons. The van der Waals surface area contributed by atoms with Gasteiger partial charge >= 0.3 is 0 Å². The van der Waals surface area contributed by atoms with Gasteiger partial charge in [-0.1, -0.05) is 0 Å². The first-order valence-corrected chi connectivity index (χ1v) is 4.94. The van der Waals surface area contributed by atoms with E-state index in [9.17, 15) is 13.6 Å². The summed E-state index contributed by atoms with van der Waals surface area (Å²) in [5, 5.41) is -0.503.